The van der Waals surface area contributed by atoms with Gasteiger partial charge in [0, 0.05) is 18.9 Å². The fraction of sp³-hybridized carbons (Fsp3) is 0.333. The van der Waals surface area contributed by atoms with Gasteiger partial charge in [-0.25, -0.2) is 4.98 Å². The van der Waals surface area contributed by atoms with Gasteiger partial charge in [-0.1, -0.05) is 12.1 Å². The van der Waals surface area contributed by atoms with Crippen molar-refractivity contribution in [1.82, 2.24) is 19.3 Å². The lowest BCUT2D eigenvalue weighted by molar-refractivity contribution is 0.528. The molecule has 0 radical (unpaired) electrons. The Labute approximate surface area is 123 Å². The lowest BCUT2D eigenvalue weighted by Crippen LogP contribution is -2.11. The molecule has 1 unspecified atom stereocenters. The second kappa shape index (κ2) is 5.29. The summed E-state index contributed by atoms with van der Waals surface area (Å²) in [5.41, 5.74) is 3.40. The number of halogens is 1. The van der Waals surface area contributed by atoms with Crippen LogP contribution in [-0.2, 0) is 13.1 Å². The SMILES string of the molecule is Cc1cccc2nc(C(C)Cl)n(CCn3cccn3)c12. The Hall–Kier alpha value is -1.81. The molecule has 0 aliphatic carbocycles. The van der Waals surface area contributed by atoms with Crippen LogP contribution in [0.15, 0.2) is 36.7 Å². The smallest absolute Gasteiger partial charge is 0.127 e. The molecule has 0 bridgehead atoms. The molecule has 5 heteroatoms. The van der Waals surface area contributed by atoms with E-state index in [9.17, 15) is 0 Å². The number of fused-ring (bicyclic) bond motifs is 1. The number of aromatic nitrogens is 4. The van der Waals surface area contributed by atoms with Crippen LogP contribution in [0.5, 0.6) is 0 Å². The molecule has 0 aliphatic rings. The molecule has 1 atom stereocenters. The van der Waals surface area contributed by atoms with E-state index in [0.29, 0.717) is 0 Å². The van der Waals surface area contributed by atoms with Gasteiger partial charge in [-0.2, -0.15) is 5.10 Å². The average Bonchev–Trinajstić information content (AvgIpc) is 3.03. The number of imidazole rings is 1. The zero-order valence-corrected chi connectivity index (χ0v) is 12.4. The van der Waals surface area contributed by atoms with E-state index >= 15 is 0 Å². The number of aryl methyl sites for hydroxylation is 3. The summed E-state index contributed by atoms with van der Waals surface area (Å²) in [7, 11) is 0. The number of nitrogens with zero attached hydrogens (tertiary/aromatic N) is 4. The van der Waals surface area contributed by atoms with Crippen molar-refractivity contribution >= 4 is 22.6 Å². The van der Waals surface area contributed by atoms with Gasteiger partial charge < -0.3 is 4.57 Å². The Balaban J connectivity index is 2.04. The Bertz CT molecular complexity index is 713. The summed E-state index contributed by atoms with van der Waals surface area (Å²) in [6.45, 7) is 5.69. The summed E-state index contributed by atoms with van der Waals surface area (Å²) in [6, 6.07) is 8.11. The van der Waals surface area contributed by atoms with Gasteiger partial charge in [0.15, 0.2) is 0 Å². The number of alkyl halides is 1. The van der Waals surface area contributed by atoms with Crippen LogP contribution >= 0.6 is 11.6 Å². The molecule has 2 heterocycles. The van der Waals surface area contributed by atoms with Gasteiger partial charge in [0.1, 0.15) is 5.82 Å². The number of hydrogen-bond acceptors (Lipinski definition) is 2. The molecule has 104 valence electrons. The highest BCUT2D eigenvalue weighted by Gasteiger charge is 2.16. The van der Waals surface area contributed by atoms with E-state index in [1.165, 1.54) is 11.1 Å². The van der Waals surface area contributed by atoms with Crippen molar-refractivity contribution in [2.75, 3.05) is 0 Å². The Morgan fingerprint density at radius 2 is 2.10 bits per heavy atom. The van der Waals surface area contributed by atoms with E-state index in [0.717, 1.165) is 24.4 Å². The van der Waals surface area contributed by atoms with Crippen LogP contribution in [-0.4, -0.2) is 19.3 Å². The first-order chi connectivity index (χ1) is 9.66. The first kappa shape index (κ1) is 13.2. The first-order valence-corrected chi connectivity index (χ1v) is 7.17. The monoisotopic (exact) mass is 288 g/mol. The molecule has 0 spiro atoms. The molecule has 0 saturated heterocycles. The molecule has 4 nitrogen and oxygen atoms in total. The minimum Gasteiger partial charge on any atom is -0.325 e. The highest BCUT2D eigenvalue weighted by molar-refractivity contribution is 6.20. The van der Waals surface area contributed by atoms with Gasteiger partial charge in [-0.15, -0.1) is 11.6 Å². The van der Waals surface area contributed by atoms with E-state index in [1.807, 2.05) is 36.0 Å². The topological polar surface area (TPSA) is 35.6 Å². The van der Waals surface area contributed by atoms with Crippen LogP contribution in [0.1, 0.15) is 23.7 Å². The zero-order chi connectivity index (χ0) is 14.1. The number of hydrogen-bond donors (Lipinski definition) is 0. The van der Waals surface area contributed by atoms with Crippen molar-refractivity contribution in [3.8, 4) is 0 Å². The molecular formula is C15H17ClN4. The summed E-state index contributed by atoms with van der Waals surface area (Å²) in [5, 5.41) is 4.13. The van der Waals surface area contributed by atoms with E-state index in [-0.39, 0.29) is 5.38 Å². The number of rotatable bonds is 4. The summed E-state index contributed by atoms with van der Waals surface area (Å²) >= 11 is 6.29. The normalized spacial score (nSPS) is 12.9. The molecule has 20 heavy (non-hydrogen) atoms. The van der Waals surface area contributed by atoms with Crippen LogP contribution in [0.25, 0.3) is 11.0 Å². The quantitative estimate of drug-likeness (QED) is 0.688. The first-order valence-electron chi connectivity index (χ1n) is 6.74. The lowest BCUT2D eigenvalue weighted by Gasteiger charge is -2.11. The molecule has 3 aromatic rings. The van der Waals surface area contributed by atoms with Crippen molar-refractivity contribution in [2.45, 2.75) is 32.3 Å². The van der Waals surface area contributed by atoms with Crippen molar-refractivity contribution in [3.05, 3.63) is 48.0 Å². The van der Waals surface area contributed by atoms with Crippen molar-refractivity contribution in [2.24, 2.45) is 0 Å². The second-order valence-electron chi connectivity index (χ2n) is 4.95. The highest BCUT2D eigenvalue weighted by atomic mass is 35.5. The van der Waals surface area contributed by atoms with E-state index in [2.05, 4.69) is 27.6 Å². The fourth-order valence-electron chi connectivity index (χ4n) is 2.55. The number of para-hydroxylation sites is 1. The largest absolute Gasteiger partial charge is 0.325 e. The van der Waals surface area contributed by atoms with Gasteiger partial charge in [-0.05, 0) is 31.5 Å². The predicted octanol–water partition coefficient (Wildman–Crippen LogP) is 3.54. The minimum atomic E-state index is -0.112. The van der Waals surface area contributed by atoms with Gasteiger partial charge in [0.05, 0.1) is 23.0 Å². The minimum absolute atomic E-state index is 0.112. The fourth-order valence-corrected chi connectivity index (χ4v) is 2.71. The maximum atomic E-state index is 6.29. The Morgan fingerprint density at radius 3 is 2.80 bits per heavy atom. The third-order valence-electron chi connectivity index (χ3n) is 3.47. The van der Waals surface area contributed by atoms with Crippen LogP contribution in [0.3, 0.4) is 0 Å². The Morgan fingerprint density at radius 1 is 1.25 bits per heavy atom. The zero-order valence-electron chi connectivity index (χ0n) is 11.6. The second-order valence-corrected chi connectivity index (χ2v) is 5.60. The van der Waals surface area contributed by atoms with Crippen molar-refractivity contribution in [3.63, 3.8) is 0 Å². The van der Waals surface area contributed by atoms with E-state index in [4.69, 9.17) is 11.6 Å². The molecular weight excluding hydrogens is 272 g/mol. The standard InChI is InChI=1S/C15H17ClN4/c1-11-5-3-6-13-14(11)20(15(18-13)12(2)16)10-9-19-8-4-7-17-19/h3-8,12H,9-10H2,1-2H3. The summed E-state index contributed by atoms with van der Waals surface area (Å²) in [6.07, 6.45) is 3.76. The van der Waals surface area contributed by atoms with Gasteiger partial charge in [-0.3, -0.25) is 4.68 Å². The molecule has 0 aliphatic heterocycles. The van der Waals surface area contributed by atoms with Crippen LogP contribution < -0.4 is 0 Å². The van der Waals surface area contributed by atoms with Crippen LogP contribution in [0.4, 0.5) is 0 Å². The van der Waals surface area contributed by atoms with Crippen molar-refractivity contribution < 1.29 is 0 Å². The van der Waals surface area contributed by atoms with Crippen molar-refractivity contribution in [1.29, 1.82) is 0 Å². The molecule has 0 N–H and O–H groups in total. The van der Waals surface area contributed by atoms with E-state index in [1.54, 1.807) is 6.20 Å². The average molecular weight is 289 g/mol. The van der Waals surface area contributed by atoms with Gasteiger partial charge >= 0.3 is 0 Å². The molecule has 0 amide bonds. The molecule has 0 fully saturated rings. The third kappa shape index (κ3) is 2.31. The predicted molar refractivity (Wildman–Crippen MR) is 81.0 cm³/mol. The summed E-state index contributed by atoms with van der Waals surface area (Å²) < 4.78 is 4.14. The summed E-state index contributed by atoms with van der Waals surface area (Å²) in [4.78, 5) is 4.67. The third-order valence-corrected chi connectivity index (χ3v) is 3.66. The van der Waals surface area contributed by atoms with Gasteiger partial charge in [0.2, 0.25) is 0 Å². The Kier molecular flexibility index (Phi) is 3.49. The maximum absolute atomic E-state index is 6.29. The van der Waals surface area contributed by atoms with E-state index < -0.39 is 0 Å². The van der Waals surface area contributed by atoms with Crippen LogP contribution in [0, 0.1) is 6.92 Å². The maximum Gasteiger partial charge on any atom is 0.127 e. The molecule has 2 aromatic heterocycles. The lowest BCUT2D eigenvalue weighted by atomic mass is 10.2. The van der Waals surface area contributed by atoms with Crippen LogP contribution in [0.2, 0.25) is 0 Å². The molecule has 0 saturated carbocycles. The summed E-state index contributed by atoms with van der Waals surface area (Å²) in [5.74, 6) is 0.920. The van der Waals surface area contributed by atoms with Gasteiger partial charge in [0.25, 0.3) is 0 Å². The highest BCUT2D eigenvalue weighted by Crippen LogP contribution is 2.26. The molecule has 3 rings (SSSR count). The number of benzene rings is 1. The molecule has 1 aromatic carbocycles.